The molecule has 2 aromatic rings. The van der Waals surface area contributed by atoms with Crippen molar-refractivity contribution in [3.8, 4) is 0 Å². The lowest BCUT2D eigenvalue weighted by atomic mass is 10.2. The van der Waals surface area contributed by atoms with Crippen LogP contribution in [0.15, 0.2) is 22.9 Å². The van der Waals surface area contributed by atoms with Crippen molar-refractivity contribution in [2.24, 2.45) is 0 Å². The second-order valence-electron chi connectivity index (χ2n) is 4.68. The Hall–Kier alpha value is -0.950. The molecule has 0 amide bonds. The molecule has 0 aliphatic carbocycles. The van der Waals surface area contributed by atoms with Crippen molar-refractivity contribution in [2.45, 2.75) is 6.54 Å². The zero-order valence-electron chi connectivity index (χ0n) is 11.5. The number of rotatable bonds is 5. The summed E-state index contributed by atoms with van der Waals surface area (Å²) in [6.45, 7) is 1.35. The maximum atomic E-state index is 12.6. The Morgan fingerprint density at radius 1 is 1.38 bits per heavy atom. The second-order valence-corrected chi connectivity index (χ2v) is 6.38. The maximum Gasteiger partial charge on any atom is 0.232 e. The molecule has 0 atom stereocenters. The Balaban J connectivity index is 2.36. The fraction of sp³-hybridized carbons (Fsp3) is 0.308. The lowest BCUT2D eigenvalue weighted by molar-refractivity contribution is 0.102. The second kappa shape index (κ2) is 6.87. The number of pyridine rings is 1. The number of nitrogens with zero attached hydrogens (tertiary/aromatic N) is 4. The summed E-state index contributed by atoms with van der Waals surface area (Å²) in [5.74, 6) is -0.292. The van der Waals surface area contributed by atoms with Crippen molar-refractivity contribution >= 4 is 44.9 Å². The standard InChI is InChI=1S/C13H13BrCl2N4O/c1-19(2)3-4-20-12(9(14)7-18-20)13(21)11-10(16)5-8(15)6-17-11/h5-7H,3-4H2,1-2H3. The van der Waals surface area contributed by atoms with Gasteiger partial charge in [0.15, 0.2) is 0 Å². The summed E-state index contributed by atoms with van der Waals surface area (Å²) < 4.78 is 2.25. The molecule has 2 rings (SSSR count). The molecule has 5 nitrogen and oxygen atoms in total. The summed E-state index contributed by atoms with van der Waals surface area (Å²) in [7, 11) is 3.91. The average Bonchev–Trinajstić information content (AvgIpc) is 2.77. The summed E-state index contributed by atoms with van der Waals surface area (Å²) in [5, 5.41) is 4.81. The monoisotopic (exact) mass is 390 g/mol. The van der Waals surface area contributed by atoms with Crippen LogP contribution in [0.3, 0.4) is 0 Å². The van der Waals surface area contributed by atoms with E-state index < -0.39 is 0 Å². The fourth-order valence-corrected chi connectivity index (χ4v) is 2.69. The molecule has 0 unspecified atom stereocenters. The third-order valence-electron chi connectivity index (χ3n) is 2.79. The summed E-state index contributed by atoms with van der Waals surface area (Å²) in [4.78, 5) is 18.7. The molecule has 21 heavy (non-hydrogen) atoms. The van der Waals surface area contributed by atoms with Crippen LogP contribution in [0.4, 0.5) is 0 Å². The quantitative estimate of drug-likeness (QED) is 0.734. The molecule has 0 saturated carbocycles. The molecule has 2 heterocycles. The Morgan fingerprint density at radius 3 is 2.71 bits per heavy atom. The zero-order valence-corrected chi connectivity index (χ0v) is 14.6. The lowest BCUT2D eigenvalue weighted by Gasteiger charge is -2.12. The molecular formula is C13H13BrCl2N4O. The summed E-state index contributed by atoms with van der Waals surface area (Å²) >= 11 is 15.2. The van der Waals surface area contributed by atoms with E-state index in [-0.39, 0.29) is 16.5 Å². The van der Waals surface area contributed by atoms with Crippen LogP contribution in [-0.2, 0) is 6.54 Å². The van der Waals surface area contributed by atoms with E-state index in [1.165, 1.54) is 12.3 Å². The van der Waals surface area contributed by atoms with Gasteiger partial charge in [0.2, 0.25) is 5.78 Å². The lowest BCUT2D eigenvalue weighted by Crippen LogP contribution is -2.22. The van der Waals surface area contributed by atoms with Crippen LogP contribution in [0.2, 0.25) is 10.0 Å². The van der Waals surface area contributed by atoms with Gasteiger partial charge in [0, 0.05) is 12.7 Å². The Kier molecular flexibility index (Phi) is 5.37. The number of carbonyl (C=O) groups is 1. The molecule has 8 heteroatoms. The van der Waals surface area contributed by atoms with Crippen molar-refractivity contribution < 1.29 is 4.79 Å². The number of hydrogen-bond donors (Lipinski definition) is 0. The van der Waals surface area contributed by atoms with Crippen LogP contribution < -0.4 is 0 Å². The van der Waals surface area contributed by atoms with Gasteiger partial charge >= 0.3 is 0 Å². The number of carbonyl (C=O) groups excluding carboxylic acids is 1. The van der Waals surface area contributed by atoms with E-state index in [1.807, 2.05) is 19.0 Å². The highest BCUT2D eigenvalue weighted by atomic mass is 79.9. The number of hydrogen-bond acceptors (Lipinski definition) is 4. The fourth-order valence-electron chi connectivity index (χ4n) is 1.75. The first-order chi connectivity index (χ1) is 9.90. The van der Waals surface area contributed by atoms with Gasteiger partial charge in [-0.3, -0.25) is 9.48 Å². The third kappa shape index (κ3) is 3.83. The van der Waals surface area contributed by atoms with Crippen molar-refractivity contribution in [2.75, 3.05) is 20.6 Å². The number of aromatic nitrogens is 3. The van der Waals surface area contributed by atoms with E-state index in [0.717, 1.165) is 6.54 Å². The molecule has 0 aliphatic rings. The number of likely N-dealkylation sites (N-methyl/N-ethyl adjacent to an activating group) is 1. The smallest absolute Gasteiger partial charge is 0.232 e. The molecule has 0 N–H and O–H groups in total. The Bertz CT molecular complexity index is 672. The van der Waals surface area contributed by atoms with Gasteiger partial charge in [-0.15, -0.1) is 0 Å². The maximum absolute atomic E-state index is 12.6. The molecule has 0 saturated heterocycles. The van der Waals surface area contributed by atoms with Crippen LogP contribution in [0.25, 0.3) is 0 Å². The molecular weight excluding hydrogens is 379 g/mol. The van der Waals surface area contributed by atoms with Crippen LogP contribution in [0, 0.1) is 0 Å². The van der Waals surface area contributed by atoms with Crippen molar-refractivity contribution in [1.82, 2.24) is 19.7 Å². The van der Waals surface area contributed by atoms with E-state index in [4.69, 9.17) is 23.2 Å². The van der Waals surface area contributed by atoms with E-state index in [1.54, 1.807) is 10.9 Å². The minimum absolute atomic E-state index is 0.161. The van der Waals surface area contributed by atoms with Gasteiger partial charge in [-0.2, -0.15) is 5.10 Å². The van der Waals surface area contributed by atoms with Crippen molar-refractivity contribution in [1.29, 1.82) is 0 Å². The van der Waals surface area contributed by atoms with Crippen molar-refractivity contribution in [3.05, 3.63) is 44.4 Å². The van der Waals surface area contributed by atoms with E-state index >= 15 is 0 Å². The summed E-state index contributed by atoms with van der Waals surface area (Å²) in [5.41, 5.74) is 0.585. The highest BCUT2D eigenvalue weighted by Crippen LogP contribution is 2.24. The number of ketones is 1. The number of halogens is 3. The van der Waals surface area contributed by atoms with Gasteiger partial charge in [0.25, 0.3) is 0 Å². The first kappa shape index (κ1) is 16.4. The highest BCUT2D eigenvalue weighted by Gasteiger charge is 2.22. The van der Waals surface area contributed by atoms with Gasteiger partial charge in [0.05, 0.1) is 27.3 Å². The van der Waals surface area contributed by atoms with Gasteiger partial charge in [-0.25, -0.2) is 4.98 Å². The summed E-state index contributed by atoms with van der Waals surface area (Å²) in [6, 6.07) is 1.50. The average molecular weight is 392 g/mol. The molecule has 0 aliphatic heterocycles. The minimum atomic E-state index is -0.292. The van der Waals surface area contributed by atoms with E-state index in [9.17, 15) is 4.79 Å². The third-order valence-corrected chi connectivity index (χ3v) is 3.87. The molecule has 112 valence electrons. The van der Waals surface area contributed by atoms with Crippen LogP contribution >= 0.6 is 39.1 Å². The molecule has 2 aromatic heterocycles. The predicted octanol–water partition coefficient (Wildman–Crippen LogP) is 3.14. The largest absolute Gasteiger partial charge is 0.308 e. The molecule has 0 bridgehead atoms. The normalized spacial score (nSPS) is 11.1. The first-order valence-corrected chi connectivity index (χ1v) is 7.67. The topological polar surface area (TPSA) is 51.0 Å². The van der Waals surface area contributed by atoms with Gasteiger partial charge in [-0.05, 0) is 36.1 Å². The molecule has 0 fully saturated rings. The SMILES string of the molecule is CN(C)CCn1ncc(Br)c1C(=O)c1ncc(Cl)cc1Cl. The Labute approximate surface area is 141 Å². The molecule has 0 spiro atoms. The van der Waals surface area contributed by atoms with E-state index in [2.05, 4.69) is 26.0 Å². The highest BCUT2D eigenvalue weighted by molar-refractivity contribution is 9.10. The van der Waals surface area contributed by atoms with Crippen molar-refractivity contribution in [3.63, 3.8) is 0 Å². The van der Waals surface area contributed by atoms with Crippen LogP contribution in [-0.4, -0.2) is 46.1 Å². The van der Waals surface area contributed by atoms with Crippen LogP contribution in [0.1, 0.15) is 16.2 Å². The van der Waals surface area contributed by atoms with Gasteiger partial charge < -0.3 is 4.90 Å². The minimum Gasteiger partial charge on any atom is -0.308 e. The molecule has 0 aromatic carbocycles. The van der Waals surface area contributed by atoms with Gasteiger partial charge in [-0.1, -0.05) is 23.2 Å². The zero-order chi connectivity index (χ0) is 15.6. The summed E-state index contributed by atoms with van der Waals surface area (Å²) in [6.07, 6.45) is 2.99. The Morgan fingerprint density at radius 2 is 2.10 bits per heavy atom. The van der Waals surface area contributed by atoms with Crippen LogP contribution in [0.5, 0.6) is 0 Å². The van der Waals surface area contributed by atoms with Gasteiger partial charge in [0.1, 0.15) is 11.4 Å². The first-order valence-electron chi connectivity index (χ1n) is 6.12. The van der Waals surface area contributed by atoms with E-state index in [0.29, 0.717) is 21.7 Å². The predicted molar refractivity (Wildman–Crippen MR) is 86.2 cm³/mol. The molecule has 0 radical (unpaired) electrons.